The summed E-state index contributed by atoms with van der Waals surface area (Å²) in [4.78, 5) is 26.3. The molecule has 3 rings (SSSR count). The van der Waals surface area contributed by atoms with Crippen LogP contribution in [0.1, 0.15) is 10.4 Å². The zero-order valence-corrected chi connectivity index (χ0v) is 16.5. The zero-order chi connectivity index (χ0) is 17.6. The second-order valence-corrected chi connectivity index (χ2v) is 9.58. The van der Waals surface area contributed by atoms with Crippen molar-refractivity contribution in [1.29, 1.82) is 0 Å². The maximum absolute atomic E-state index is 12.9. The number of alkyl halides is 2. The number of fused-ring (bicyclic) bond motifs is 1. The van der Waals surface area contributed by atoms with Crippen molar-refractivity contribution in [2.24, 2.45) is 0 Å². The number of Topliss-reactive ketones (excluding diaryl/α,β-unsaturated/α-hetero) is 1. The first-order valence-corrected chi connectivity index (χ1v) is 10.6. The van der Waals surface area contributed by atoms with E-state index in [2.05, 4.69) is 31.9 Å². The lowest BCUT2D eigenvalue weighted by Gasteiger charge is -2.50. The maximum Gasteiger partial charge on any atom is 0.260 e. The van der Waals surface area contributed by atoms with Crippen LogP contribution in [0.5, 0.6) is 0 Å². The summed E-state index contributed by atoms with van der Waals surface area (Å²) in [5.74, 6) is -0.916. The molecule has 6 nitrogen and oxygen atoms in total. The number of methoxy groups -OCH3 is 1. The van der Waals surface area contributed by atoms with E-state index < -0.39 is 37.2 Å². The minimum Gasteiger partial charge on any atom is -0.368 e. The summed E-state index contributed by atoms with van der Waals surface area (Å²) in [6.07, 6.45) is -1.09. The minimum atomic E-state index is -3.75. The molecule has 2 aliphatic rings. The lowest BCUT2D eigenvalue weighted by atomic mass is 9.99. The second-order valence-electron chi connectivity index (χ2n) is 5.36. The van der Waals surface area contributed by atoms with Gasteiger partial charge in [0.25, 0.3) is 5.91 Å². The van der Waals surface area contributed by atoms with Crippen molar-refractivity contribution < 1.29 is 22.7 Å². The molecule has 0 aliphatic carbocycles. The molecule has 3 atom stereocenters. The number of carbonyl (C=O) groups excluding carboxylic acids is 2. The van der Waals surface area contributed by atoms with E-state index >= 15 is 0 Å². The number of allylic oxidation sites excluding steroid dienone is 1. The molecule has 1 aromatic rings. The van der Waals surface area contributed by atoms with E-state index in [1.165, 1.54) is 7.11 Å². The summed E-state index contributed by atoms with van der Waals surface area (Å²) in [5.41, 5.74) is 0.790. The average molecular weight is 479 g/mol. The molecule has 0 unspecified atom stereocenters. The number of nitrogens with zero attached hydrogens (tertiary/aromatic N) is 1. The number of hydrogen-bond donors (Lipinski definition) is 0. The van der Waals surface area contributed by atoms with Gasteiger partial charge >= 0.3 is 0 Å². The summed E-state index contributed by atoms with van der Waals surface area (Å²) < 4.78 is 29.3. The van der Waals surface area contributed by atoms with Crippen molar-refractivity contribution in [3.05, 3.63) is 47.2 Å². The van der Waals surface area contributed by atoms with E-state index in [4.69, 9.17) is 4.74 Å². The van der Waals surface area contributed by atoms with Gasteiger partial charge in [-0.15, -0.1) is 0 Å². The van der Waals surface area contributed by atoms with Gasteiger partial charge in [-0.2, -0.15) is 0 Å². The van der Waals surface area contributed by atoms with Crippen molar-refractivity contribution in [3.63, 3.8) is 0 Å². The number of halogens is 2. The number of rotatable bonds is 4. The predicted octanol–water partition coefficient (Wildman–Crippen LogP) is 1.85. The van der Waals surface area contributed by atoms with Gasteiger partial charge in [-0.3, -0.25) is 14.5 Å². The molecule has 0 saturated carbocycles. The molecule has 128 valence electrons. The van der Waals surface area contributed by atoms with Crippen LogP contribution in [0.25, 0.3) is 0 Å². The third-order valence-electron chi connectivity index (χ3n) is 4.09. The standard InChI is InChI=1S/C15H13Br2NO5S/c1-23-12-14(20)18-10(11(19)8-5-3-2-4-6-8)9(7-16)13(17)24(21,22)15(12)18/h2-6,12-13,15H,7H2,1H3/t12-,13-,15+/m0/s1. The van der Waals surface area contributed by atoms with E-state index in [-0.39, 0.29) is 11.0 Å². The number of ether oxygens (including phenoxy) is 1. The lowest BCUT2D eigenvalue weighted by Crippen LogP contribution is -2.71. The molecule has 1 aromatic carbocycles. The smallest absolute Gasteiger partial charge is 0.260 e. The van der Waals surface area contributed by atoms with Crippen molar-refractivity contribution in [2.75, 3.05) is 12.4 Å². The quantitative estimate of drug-likeness (QED) is 0.374. The zero-order valence-electron chi connectivity index (χ0n) is 12.5. The Morgan fingerprint density at radius 3 is 2.46 bits per heavy atom. The molecule has 1 saturated heterocycles. The van der Waals surface area contributed by atoms with Gasteiger partial charge in [0.2, 0.25) is 5.78 Å². The van der Waals surface area contributed by atoms with Crippen LogP contribution in [0.3, 0.4) is 0 Å². The highest BCUT2D eigenvalue weighted by Gasteiger charge is 2.62. The summed E-state index contributed by atoms with van der Waals surface area (Å²) in [5, 5.41) is -1.05. The second kappa shape index (κ2) is 6.36. The highest BCUT2D eigenvalue weighted by Crippen LogP contribution is 2.44. The number of sulfone groups is 1. The molecule has 24 heavy (non-hydrogen) atoms. The maximum atomic E-state index is 12.9. The normalized spacial score (nSPS) is 28.4. The van der Waals surface area contributed by atoms with Gasteiger partial charge in [-0.25, -0.2) is 8.42 Å². The van der Waals surface area contributed by atoms with Gasteiger partial charge in [0.1, 0.15) is 4.16 Å². The Labute approximate surface area is 156 Å². The molecule has 9 heteroatoms. The Hall–Kier alpha value is -1.03. The van der Waals surface area contributed by atoms with Crippen molar-refractivity contribution in [2.45, 2.75) is 15.6 Å². The number of β-lactam (4-membered cyclic amide) rings is 1. The van der Waals surface area contributed by atoms with E-state index in [0.717, 1.165) is 4.90 Å². The van der Waals surface area contributed by atoms with Crippen LogP contribution in [0.4, 0.5) is 0 Å². The Kier molecular flexibility index (Phi) is 4.71. The number of ketones is 1. The Balaban J connectivity index is 2.18. The summed E-state index contributed by atoms with van der Waals surface area (Å²) in [6, 6.07) is 8.44. The molecule has 0 bridgehead atoms. The summed E-state index contributed by atoms with van der Waals surface area (Å²) in [7, 11) is -2.47. The van der Waals surface area contributed by atoms with Crippen LogP contribution >= 0.6 is 31.9 Å². The lowest BCUT2D eigenvalue weighted by molar-refractivity contribution is -0.158. The molecule has 2 heterocycles. The fourth-order valence-electron chi connectivity index (χ4n) is 2.90. The van der Waals surface area contributed by atoms with E-state index in [1.54, 1.807) is 30.3 Å². The number of amides is 1. The Morgan fingerprint density at radius 1 is 1.29 bits per heavy atom. The van der Waals surface area contributed by atoms with Crippen LogP contribution < -0.4 is 0 Å². The van der Waals surface area contributed by atoms with Crippen molar-refractivity contribution in [3.8, 4) is 0 Å². The largest absolute Gasteiger partial charge is 0.368 e. The van der Waals surface area contributed by atoms with Crippen LogP contribution in [-0.4, -0.2) is 53.1 Å². The van der Waals surface area contributed by atoms with Crippen molar-refractivity contribution in [1.82, 2.24) is 4.90 Å². The third kappa shape index (κ3) is 2.40. The molecule has 0 spiro atoms. The summed E-state index contributed by atoms with van der Waals surface area (Å²) >= 11 is 6.41. The minimum absolute atomic E-state index is 0.0954. The van der Waals surface area contributed by atoms with E-state index in [0.29, 0.717) is 11.1 Å². The number of benzene rings is 1. The van der Waals surface area contributed by atoms with Crippen molar-refractivity contribution >= 4 is 53.4 Å². The Morgan fingerprint density at radius 2 is 1.92 bits per heavy atom. The van der Waals surface area contributed by atoms with E-state index in [9.17, 15) is 18.0 Å². The molecule has 0 N–H and O–H groups in total. The monoisotopic (exact) mass is 477 g/mol. The van der Waals surface area contributed by atoms with Crippen LogP contribution in [0.2, 0.25) is 0 Å². The summed E-state index contributed by atoms with van der Waals surface area (Å²) in [6.45, 7) is 0. The highest BCUT2D eigenvalue weighted by atomic mass is 79.9. The number of hydrogen-bond acceptors (Lipinski definition) is 5. The first kappa shape index (κ1) is 17.8. The van der Waals surface area contributed by atoms with Gasteiger partial charge < -0.3 is 4.74 Å². The molecule has 1 fully saturated rings. The molecule has 1 amide bonds. The first-order chi connectivity index (χ1) is 11.4. The molecule has 0 aromatic heterocycles. The van der Waals surface area contributed by atoms with Crippen LogP contribution in [0, 0.1) is 0 Å². The SMILES string of the molecule is CO[C@H]1C(=O)N2C(C(=O)c3ccccc3)=C(CBr)[C@@H](Br)S(=O)(=O)[C@H]12. The van der Waals surface area contributed by atoms with Gasteiger partial charge in [0.15, 0.2) is 21.3 Å². The highest BCUT2D eigenvalue weighted by molar-refractivity contribution is 9.11. The Bertz CT molecular complexity index is 837. The molecule has 0 radical (unpaired) electrons. The van der Waals surface area contributed by atoms with Gasteiger partial charge in [0.05, 0.1) is 5.70 Å². The molecule has 2 aliphatic heterocycles. The first-order valence-electron chi connectivity index (χ1n) is 6.97. The van der Waals surface area contributed by atoms with Gasteiger partial charge in [-0.05, 0) is 5.57 Å². The molecular formula is C15H13Br2NO5S. The fourth-order valence-corrected chi connectivity index (χ4v) is 7.09. The topological polar surface area (TPSA) is 80.8 Å². The average Bonchev–Trinajstić information content (AvgIpc) is 2.58. The number of carbonyl (C=O) groups is 2. The van der Waals surface area contributed by atoms with E-state index in [1.807, 2.05) is 0 Å². The van der Waals surface area contributed by atoms with Crippen LogP contribution in [0.15, 0.2) is 41.6 Å². The van der Waals surface area contributed by atoms with Gasteiger partial charge in [-0.1, -0.05) is 62.2 Å². The fraction of sp³-hybridized carbons (Fsp3) is 0.333. The third-order valence-corrected chi connectivity index (χ3v) is 8.80. The van der Waals surface area contributed by atoms with Gasteiger partial charge in [0, 0.05) is 18.0 Å². The van der Waals surface area contributed by atoms with Crippen LogP contribution in [-0.2, 0) is 19.4 Å². The molecular weight excluding hydrogens is 466 g/mol. The predicted molar refractivity (Wildman–Crippen MR) is 94.7 cm³/mol.